The predicted octanol–water partition coefficient (Wildman–Crippen LogP) is 3.51. The molecule has 0 saturated heterocycles. The molecule has 2 rings (SSSR count). The molecule has 140 valence electrons. The van der Waals surface area contributed by atoms with E-state index in [-0.39, 0.29) is 11.3 Å². The van der Waals surface area contributed by atoms with E-state index in [9.17, 15) is 9.18 Å². The van der Waals surface area contributed by atoms with E-state index in [0.29, 0.717) is 29.6 Å². The van der Waals surface area contributed by atoms with E-state index < -0.39 is 5.95 Å². The molecule has 2 N–H and O–H groups in total. The molecule has 0 unspecified atom stereocenters. The number of aromatic nitrogens is 2. The van der Waals surface area contributed by atoms with Crippen LogP contribution in [-0.4, -0.2) is 36.5 Å². The van der Waals surface area contributed by atoms with Gasteiger partial charge in [0.1, 0.15) is 5.82 Å². The number of halogens is 1. The summed E-state index contributed by atoms with van der Waals surface area (Å²) in [4.78, 5) is 21.9. The van der Waals surface area contributed by atoms with Gasteiger partial charge in [-0.05, 0) is 30.0 Å². The molecule has 0 bridgehead atoms. The molecule has 1 aromatic heterocycles. The van der Waals surface area contributed by atoms with E-state index in [2.05, 4.69) is 41.4 Å². The third-order valence-corrected chi connectivity index (χ3v) is 3.73. The standard InChI is InChI=1S/C19H26FN5O/c1-12-7-8-13(17(26)21-5)9-14(12)22-16-10-15(20)23-18(24-16)25(6)11-19(2,3)4/h7-10H,11H2,1-6H3,(H,21,26)(H,22,23,24). The maximum Gasteiger partial charge on any atom is 0.251 e. The Hall–Kier alpha value is -2.70. The molecule has 0 aliphatic heterocycles. The highest BCUT2D eigenvalue weighted by molar-refractivity contribution is 5.95. The first-order valence-corrected chi connectivity index (χ1v) is 8.44. The molecule has 0 saturated carbocycles. The minimum atomic E-state index is -0.613. The van der Waals surface area contributed by atoms with Crippen LogP contribution in [0.2, 0.25) is 0 Å². The van der Waals surface area contributed by atoms with E-state index in [4.69, 9.17) is 0 Å². The molecule has 26 heavy (non-hydrogen) atoms. The van der Waals surface area contributed by atoms with E-state index in [1.54, 1.807) is 19.2 Å². The van der Waals surface area contributed by atoms with Crippen molar-refractivity contribution in [3.8, 4) is 0 Å². The fourth-order valence-electron chi connectivity index (χ4n) is 2.60. The van der Waals surface area contributed by atoms with Crippen LogP contribution in [0.4, 0.5) is 21.8 Å². The van der Waals surface area contributed by atoms with Crippen LogP contribution < -0.4 is 15.5 Å². The molecule has 0 spiro atoms. The van der Waals surface area contributed by atoms with Crippen LogP contribution in [0, 0.1) is 18.3 Å². The lowest BCUT2D eigenvalue weighted by molar-refractivity contribution is 0.0963. The van der Waals surface area contributed by atoms with Crippen molar-refractivity contribution < 1.29 is 9.18 Å². The number of rotatable bonds is 5. The molecule has 6 nitrogen and oxygen atoms in total. The summed E-state index contributed by atoms with van der Waals surface area (Å²) in [6, 6.07) is 6.52. The topological polar surface area (TPSA) is 70.2 Å². The van der Waals surface area contributed by atoms with Gasteiger partial charge in [0, 0.05) is 38.0 Å². The van der Waals surface area contributed by atoms with Gasteiger partial charge in [0.25, 0.3) is 5.91 Å². The third-order valence-electron chi connectivity index (χ3n) is 3.73. The Balaban J connectivity index is 2.31. The van der Waals surface area contributed by atoms with Crippen LogP contribution in [0.15, 0.2) is 24.3 Å². The second-order valence-electron chi connectivity index (χ2n) is 7.53. The van der Waals surface area contributed by atoms with Crippen LogP contribution in [0.3, 0.4) is 0 Å². The molecule has 0 aliphatic rings. The minimum Gasteiger partial charge on any atom is -0.355 e. The average molecular weight is 359 g/mol. The van der Waals surface area contributed by atoms with Gasteiger partial charge in [-0.2, -0.15) is 14.4 Å². The molecule has 0 atom stereocenters. The first kappa shape index (κ1) is 19.6. The van der Waals surface area contributed by atoms with Gasteiger partial charge < -0.3 is 15.5 Å². The Labute approximate surface area is 153 Å². The lowest BCUT2D eigenvalue weighted by atomic mass is 9.96. The van der Waals surface area contributed by atoms with Gasteiger partial charge in [-0.1, -0.05) is 26.8 Å². The number of hydrogen-bond donors (Lipinski definition) is 2. The largest absolute Gasteiger partial charge is 0.355 e. The maximum atomic E-state index is 14.0. The van der Waals surface area contributed by atoms with Gasteiger partial charge in [-0.15, -0.1) is 0 Å². The van der Waals surface area contributed by atoms with Crippen molar-refractivity contribution in [1.29, 1.82) is 0 Å². The number of hydrogen-bond acceptors (Lipinski definition) is 5. The fraction of sp³-hybridized carbons (Fsp3) is 0.421. The van der Waals surface area contributed by atoms with Gasteiger partial charge in [-0.25, -0.2) is 0 Å². The highest BCUT2D eigenvalue weighted by Crippen LogP contribution is 2.24. The molecule has 1 aromatic carbocycles. The predicted molar refractivity (Wildman–Crippen MR) is 103 cm³/mol. The van der Waals surface area contributed by atoms with Crippen LogP contribution >= 0.6 is 0 Å². The molecular weight excluding hydrogens is 333 g/mol. The summed E-state index contributed by atoms with van der Waals surface area (Å²) >= 11 is 0. The van der Waals surface area contributed by atoms with Crippen molar-refractivity contribution >= 4 is 23.4 Å². The summed E-state index contributed by atoms with van der Waals surface area (Å²) in [5, 5.41) is 5.68. The molecule has 0 radical (unpaired) electrons. The first-order chi connectivity index (χ1) is 12.1. The molecule has 1 amide bonds. The number of amides is 1. The van der Waals surface area contributed by atoms with Gasteiger partial charge in [-0.3, -0.25) is 4.79 Å². The van der Waals surface area contributed by atoms with Crippen molar-refractivity contribution in [3.63, 3.8) is 0 Å². The fourth-order valence-corrected chi connectivity index (χ4v) is 2.60. The van der Waals surface area contributed by atoms with Crippen LogP contribution in [0.1, 0.15) is 36.7 Å². The molecule has 2 aromatic rings. The number of aryl methyl sites for hydroxylation is 1. The van der Waals surface area contributed by atoms with Crippen molar-refractivity contribution in [2.24, 2.45) is 5.41 Å². The minimum absolute atomic E-state index is 0.0243. The van der Waals surface area contributed by atoms with E-state index in [1.165, 1.54) is 6.07 Å². The monoisotopic (exact) mass is 359 g/mol. The van der Waals surface area contributed by atoms with E-state index in [1.807, 2.05) is 24.9 Å². The zero-order valence-corrected chi connectivity index (χ0v) is 16.1. The summed E-state index contributed by atoms with van der Waals surface area (Å²) in [7, 11) is 3.41. The van der Waals surface area contributed by atoms with Gasteiger partial charge in [0.05, 0.1) is 0 Å². The number of nitrogens with zero attached hydrogens (tertiary/aromatic N) is 3. The highest BCUT2D eigenvalue weighted by Gasteiger charge is 2.17. The van der Waals surface area contributed by atoms with Gasteiger partial charge in [0.15, 0.2) is 0 Å². The second kappa shape index (κ2) is 7.68. The van der Waals surface area contributed by atoms with E-state index >= 15 is 0 Å². The van der Waals surface area contributed by atoms with Crippen molar-refractivity contribution in [2.75, 3.05) is 30.9 Å². The number of carbonyl (C=O) groups excluding carboxylic acids is 1. The summed E-state index contributed by atoms with van der Waals surface area (Å²) in [6.07, 6.45) is 0. The number of benzene rings is 1. The SMILES string of the molecule is CNC(=O)c1ccc(C)c(Nc2cc(F)nc(N(C)CC(C)(C)C)n2)c1. The molecular formula is C19H26FN5O. The summed E-state index contributed by atoms with van der Waals surface area (Å²) < 4.78 is 14.0. The average Bonchev–Trinajstić information content (AvgIpc) is 2.54. The highest BCUT2D eigenvalue weighted by atomic mass is 19.1. The van der Waals surface area contributed by atoms with Gasteiger partial charge in [0.2, 0.25) is 11.9 Å². The van der Waals surface area contributed by atoms with Crippen molar-refractivity contribution in [1.82, 2.24) is 15.3 Å². The van der Waals surface area contributed by atoms with Crippen LogP contribution in [0.25, 0.3) is 0 Å². The quantitative estimate of drug-likeness (QED) is 0.800. The Bertz CT molecular complexity index is 801. The summed E-state index contributed by atoms with van der Waals surface area (Å²) in [5.74, 6) is -0.154. The normalized spacial score (nSPS) is 11.2. The zero-order chi connectivity index (χ0) is 19.5. The number of nitrogens with one attached hydrogen (secondary N) is 2. The third kappa shape index (κ3) is 5.15. The first-order valence-electron chi connectivity index (χ1n) is 8.44. The Morgan fingerprint density at radius 1 is 1.23 bits per heavy atom. The zero-order valence-electron chi connectivity index (χ0n) is 16.1. The lowest BCUT2D eigenvalue weighted by Gasteiger charge is -2.26. The van der Waals surface area contributed by atoms with E-state index in [0.717, 1.165) is 5.56 Å². The summed E-state index contributed by atoms with van der Waals surface area (Å²) in [6.45, 7) is 8.86. The number of carbonyl (C=O) groups is 1. The number of anilines is 3. The van der Waals surface area contributed by atoms with Gasteiger partial charge >= 0.3 is 0 Å². The maximum absolute atomic E-state index is 14.0. The Morgan fingerprint density at radius 2 is 1.92 bits per heavy atom. The molecule has 7 heteroatoms. The Morgan fingerprint density at radius 3 is 2.54 bits per heavy atom. The van der Waals surface area contributed by atoms with Crippen LogP contribution in [0.5, 0.6) is 0 Å². The molecule has 0 aliphatic carbocycles. The Kier molecular flexibility index (Phi) is 5.79. The lowest BCUT2D eigenvalue weighted by Crippen LogP contribution is -2.30. The smallest absolute Gasteiger partial charge is 0.251 e. The summed E-state index contributed by atoms with van der Waals surface area (Å²) in [5.41, 5.74) is 2.14. The molecule has 0 fully saturated rings. The van der Waals surface area contributed by atoms with Crippen molar-refractivity contribution in [3.05, 3.63) is 41.3 Å². The van der Waals surface area contributed by atoms with Crippen LogP contribution in [-0.2, 0) is 0 Å². The van der Waals surface area contributed by atoms with Crippen molar-refractivity contribution in [2.45, 2.75) is 27.7 Å². The second-order valence-corrected chi connectivity index (χ2v) is 7.53. The molecule has 1 heterocycles.